The Morgan fingerprint density at radius 1 is 1.33 bits per heavy atom. The van der Waals surface area contributed by atoms with E-state index in [9.17, 15) is 4.79 Å². The van der Waals surface area contributed by atoms with Crippen LogP contribution in [0.2, 0.25) is 0 Å². The first kappa shape index (κ1) is 15.1. The van der Waals surface area contributed by atoms with Gasteiger partial charge < -0.3 is 10.6 Å². The van der Waals surface area contributed by atoms with Crippen molar-refractivity contribution in [1.29, 1.82) is 0 Å². The second kappa shape index (κ2) is 6.43. The van der Waals surface area contributed by atoms with Crippen molar-refractivity contribution < 1.29 is 4.79 Å². The molecule has 1 heterocycles. The summed E-state index contributed by atoms with van der Waals surface area (Å²) in [6.45, 7) is 8.85. The molecule has 0 aliphatic carbocycles. The summed E-state index contributed by atoms with van der Waals surface area (Å²) >= 11 is 0. The van der Waals surface area contributed by atoms with E-state index < -0.39 is 0 Å². The van der Waals surface area contributed by atoms with E-state index >= 15 is 0 Å². The minimum Gasteiger partial charge on any atom is -0.385 e. The maximum Gasteiger partial charge on any atom is 0.258 e. The van der Waals surface area contributed by atoms with E-state index in [1.165, 1.54) is 0 Å². The van der Waals surface area contributed by atoms with Crippen LogP contribution in [0.15, 0.2) is 30.5 Å². The van der Waals surface area contributed by atoms with E-state index in [4.69, 9.17) is 0 Å². The van der Waals surface area contributed by atoms with Crippen molar-refractivity contribution in [3.8, 4) is 0 Å². The number of hydrogen-bond donors (Lipinski definition) is 2. The minimum atomic E-state index is -0.131. The van der Waals surface area contributed by atoms with Crippen LogP contribution in [0.25, 0.3) is 0 Å². The maximum absolute atomic E-state index is 12.5. The topological polar surface area (TPSA) is 59.0 Å². The molecule has 0 radical (unpaired) electrons. The van der Waals surface area contributed by atoms with Gasteiger partial charge in [0.25, 0.3) is 5.91 Å². The molecule has 2 rings (SSSR count). The van der Waals surface area contributed by atoms with Crippen molar-refractivity contribution in [2.75, 3.05) is 17.2 Å². The van der Waals surface area contributed by atoms with E-state index in [0.29, 0.717) is 11.4 Å². The van der Waals surface area contributed by atoms with E-state index in [0.717, 1.165) is 17.8 Å². The number of carbonyl (C=O) groups excluding carboxylic acids is 1. The highest BCUT2D eigenvalue weighted by Gasteiger charge is 2.14. The number of nitrogens with zero attached hydrogens (tertiary/aromatic N) is 2. The van der Waals surface area contributed by atoms with Crippen molar-refractivity contribution in [3.05, 3.63) is 41.6 Å². The summed E-state index contributed by atoms with van der Waals surface area (Å²) in [5.41, 5.74) is 2.61. The summed E-state index contributed by atoms with van der Waals surface area (Å²) in [4.78, 5) is 12.5. The number of aryl methyl sites for hydroxylation is 1. The quantitative estimate of drug-likeness (QED) is 0.885. The molecule has 112 valence electrons. The van der Waals surface area contributed by atoms with Crippen LogP contribution in [0.3, 0.4) is 0 Å². The van der Waals surface area contributed by atoms with E-state index in [1.54, 1.807) is 16.9 Å². The lowest BCUT2D eigenvalue weighted by molar-refractivity contribution is 0.102. The molecule has 1 amide bonds. The lowest BCUT2D eigenvalue weighted by Gasteiger charge is -2.14. The van der Waals surface area contributed by atoms with E-state index in [1.807, 2.05) is 45.9 Å². The van der Waals surface area contributed by atoms with Crippen LogP contribution >= 0.6 is 0 Å². The average molecular weight is 286 g/mol. The standard InChI is InChI=1S/C16H22N4O/c1-5-17-14-10-12(4)6-7-13(14)16(21)19-15-8-9-18-20(15)11(2)3/h6-11,17H,5H2,1-4H3,(H,19,21). The van der Waals surface area contributed by atoms with E-state index in [2.05, 4.69) is 15.7 Å². The third kappa shape index (κ3) is 3.42. The van der Waals surface area contributed by atoms with Crippen molar-refractivity contribution in [2.24, 2.45) is 0 Å². The van der Waals surface area contributed by atoms with Gasteiger partial charge >= 0.3 is 0 Å². The molecular weight excluding hydrogens is 264 g/mol. The number of amides is 1. The van der Waals surface area contributed by atoms with Crippen LogP contribution in [-0.4, -0.2) is 22.2 Å². The summed E-state index contributed by atoms with van der Waals surface area (Å²) < 4.78 is 1.79. The van der Waals surface area contributed by atoms with Gasteiger partial charge in [-0.15, -0.1) is 0 Å². The predicted molar refractivity (Wildman–Crippen MR) is 85.9 cm³/mol. The molecule has 2 N–H and O–H groups in total. The first-order valence-corrected chi connectivity index (χ1v) is 7.22. The van der Waals surface area contributed by atoms with Crippen LogP contribution in [0, 0.1) is 6.92 Å². The predicted octanol–water partition coefficient (Wildman–Crippen LogP) is 3.46. The van der Waals surface area contributed by atoms with Gasteiger partial charge in [0.2, 0.25) is 0 Å². The van der Waals surface area contributed by atoms with Crippen LogP contribution in [0.1, 0.15) is 42.7 Å². The first-order chi connectivity index (χ1) is 10.0. The van der Waals surface area contributed by atoms with Gasteiger partial charge in [0.15, 0.2) is 0 Å². The molecule has 21 heavy (non-hydrogen) atoms. The molecule has 5 heteroatoms. The Balaban J connectivity index is 2.26. The molecule has 0 atom stereocenters. The van der Waals surface area contributed by atoms with Gasteiger partial charge in [-0.3, -0.25) is 4.79 Å². The van der Waals surface area contributed by atoms with Crippen molar-refractivity contribution in [2.45, 2.75) is 33.7 Å². The number of benzene rings is 1. The smallest absolute Gasteiger partial charge is 0.258 e. The molecule has 0 spiro atoms. The second-order valence-electron chi connectivity index (χ2n) is 5.29. The Kier molecular flexibility index (Phi) is 4.62. The minimum absolute atomic E-state index is 0.131. The van der Waals surface area contributed by atoms with Gasteiger partial charge in [-0.25, -0.2) is 4.68 Å². The highest BCUT2D eigenvalue weighted by Crippen LogP contribution is 2.20. The fourth-order valence-electron chi connectivity index (χ4n) is 2.20. The summed E-state index contributed by atoms with van der Waals surface area (Å²) in [6, 6.07) is 7.77. The number of anilines is 2. The van der Waals surface area contributed by atoms with Crippen molar-refractivity contribution in [3.63, 3.8) is 0 Å². The molecule has 0 aliphatic rings. The molecule has 5 nitrogen and oxygen atoms in total. The molecule has 0 unspecified atom stereocenters. The fourth-order valence-corrected chi connectivity index (χ4v) is 2.20. The summed E-state index contributed by atoms with van der Waals surface area (Å²) in [6.07, 6.45) is 1.69. The number of nitrogens with one attached hydrogen (secondary N) is 2. The number of hydrogen-bond acceptors (Lipinski definition) is 3. The lowest BCUT2D eigenvalue weighted by Crippen LogP contribution is -2.18. The molecule has 1 aromatic heterocycles. The monoisotopic (exact) mass is 286 g/mol. The highest BCUT2D eigenvalue weighted by atomic mass is 16.1. The van der Waals surface area contributed by atoms with Crippen molar-refractivity contribution >= 4 is 17.4 Å². The third-order valence-corrected chi connectivity index (χ3v) is 3.19. The van der Waals surface area contributed by atoms with Crippen LogP contribution in [-0.2, 0) is 0 Å². The maximum atomic E-state index is 12.5. The summed E-state index contributed by atoms with van der Waals surface area (Å²) in [5.74, 6) is 0.575. The van der Waals surface area contributed by atoms with Crippen LogP contribution in [0.4, 0.5) is 11.5 Å². The Morgan fingerprint density at radius 3 is 2.76 bits per heavy atom. The van der Waals surface area contributed by atoms with Gasteiger partial charge in [0, 0.05) is 24.3 Å². The molecule has 1 aromatic carbocycles. The molecule has 0 bridgehead atoms. The third-order valence-electron chi connectivity index (χ3n) is 3.19. The van der Waals surface area contributed by atoms with Crippen LogP contribution in [0.5, 0.6) is 0 Å². The largest absolute Gasteiger partial charge is 0.385 e. The van der Waals surface area contributed by atoms with Crippen LogP contribution < -0.4 is 10.6 Å². The zero-order chi connectivity index (χ0) is 15.4. The highest BCUT2D eigenvalue weighted by molar-refractivity contribution is 6.07. The zero-order valence-electron chi connectivity index (χ0n) is 13.0. The Hall–Kier alpha value is -2.30. The number of aromatic nitrogens is 2. The SMILES string of the molecule is CCNc1cc(C)ccc1C(=O)Nc1ccnn1C(C)C. The number of rotatable bonds is 5. The zero-order valence-corrected chi connectivity index (χ0v) is 13.0. The molecule has 0 saturated heterocycles. The fraction of sp³-hybridized carbons (Fsp3) is 0.375. The summed E-state index contributed by atoms with van der Waals surface area (Å²) in [5, 5.41) is 10.4. The number of carbonyl (C=O) groups is 1. The molecule has 0 fully saturated rings. The summed E-state index contributed by atoms with van der Waals surface area (Å²) in [7, 11) is 0. The normalized spacial score (nSPS) is 10.7. The molecular formula is C16H22N4O. The van der Waals surface area contributed by atoms with E-state index in [-0.39, 0.29) is 11.9 Å². The molecule has 2 aromatic rings. The first-order valence-electron chi connectivity index (χ1n) is 7.22. The van der Waals surface area contributed by atoms with Gasteiger partial charge in [-0.05, 0) is 45.4 Å². The van der Waals surface area contributed by atoms with Gasteiger partial charge in [-0.1, -0.05) is 6.07 Å². The lowest BCUT2D eigenvalue weighted by atomic mass is 10.1. The van der Waals surface area contributed by atoms with Gasteiger partial charge in [0.05, 0.1) is 11.8 Å². The average Bonchev–Trinajstić information content (AvgIpc) is 2.87. The Labute approximate surface area is 125 Å². The van der Waals surface area contributed by atoms with Gasteiger partial charge in [-0.2, -0.15) is 5.10 Å². The molecule has 0 saturated carbocycles. The van der Waals surface area contributed by atoms with Gasteiger partial charge in [0.1, 0.15) is 5.82 Å². The second-order valence-corrected chi connectivity index (χ2v) is 5.29. The molecule has 0 aliphatic heterocycles. The Morgan fingerprint density at radius 2 is 2.10 bits per heavy atom. The van der Waals surface area contributed by atoms with Crippen molar-refractivity contribution in [1.82, 2.24) is 9.78 Å². The Bertz CT molecular complexity index is 631.